The standard InChI is InChI=1S/C18H21N3O3/c1-11(20-18-19-10-15(13(3)22)12(2)21-18)14-5-6-16-17(9-14)24-8-4-7-23-16/h5-6,9-11H,4,7-8H2,1-3H3,(H,19,20,21)/t11-/m0/s1. The largest absolute Gasteiger partial charge is 0.490 e. The van der Waals surface area contributed by atoms with Crippen molar-refractivity contribution in [2.24, 2.45) is 0 Å². The molecular weight excluding hydrogens is 306 g/mol. The maximum Gasteiger partial charge on any atom is 0.223 e. The van der Waals surface area contributed by atoms with Crippen LogP contribution in [0.25, 0.3) is 0 Å². The number of carbonyl (C=O) groups is 1. The van der Waals surface area contributed by atoms with Crippen LogP contribution in [0.4, 0.5) is 5.95 Å². The smallest absolute Gasteiger partial charge is 0.223 e. The number of aryl methyl sites for hydroxylation is 1. The second-order valence-corrected chi connectivity index (χ2v) is 5.87. The summed E-state index contributed by atoms with van der Waals surface area (Å²) in [7, 11) is 0. The summed E-state index contributed by atoms with van der Waals surface area (Å²) in [5.41, 5.74) is 2.27. The number of carbonyl (C=O) groups excluding carboxylic acids is 1. The Morgan fingerprint density at radius 2 is 2.00 bits per heavy atom. The van der Waals surface area contributed by atoms with E-state index in [0.717, 1.165) is 23.5 Å². The van der Waals surface area contributed by atoms with Gasteiger partial charge in [0.1, 0.15) is 0 Å². The number of benzene rings is 1. The molecule has 3 rings (SSSR count). The molecule has 1 aromatic heterocycles. The number of aromatic nitrogens is 2. The molecule has 0 radical (unpaired) electrons. The minimum absolute atomic E-state index is 0.00951. The van der Waals surface area contributed by atoms with Crippen molar-refractivity contribution in [3.8, 4) is 11.5 Å². The van der Waals surface area contributed by atoms with Crippen LogP contribution in [0.15, 0.2) is 24.4 Å². The quantitative estimate of drug-likeness (QED) is 0.869. The Morgan fingerprint density at radius 3 is 2.71 bits per heavy atom. The molecule has 0 amide bonds. The number of ketones is 1. The fourth-order valence-electron chi connectivity index (χ4n) is 2.61. The fraction of sp³-hybridized carbons (Fsp3) is 0.389. The van der Waals surface area contributed by atoms with Gasteiger partial charge in [-0.25, -0.2) is 9.97 Å². The fourth-order valence-corrected chi connectivity index (χ4v) is 2.61. The highest BCUT2D eigenvalue weighted by atomic mass is 16.5. The maximum absolute atomic E-state index is 11.5. The summed E-state index contributed by atoms with van der Waals surface area (Å²) in [6.45, 7) is 6.68. The van der Waals surface area contributed by atoms with Crippen molar-refractivity contribution in [1.29, 1.82) is 0 Å². The molecule has 1 aliphatic heterocycles. The topological polar surface area (TPSA) is 73.3 Å². The van der Waals surface area contributed by atoms with E-state index in [1.165, 1.54) is 6.92 Å². The molecule has 24 heavy (non-hydrogen) atoms. The molecule has 2 heterocycles. The monoisotopic (exact) mass is 327 g/mol. The molecule has 0 bridgehead atoms. The van der Waals surface area contributed by atoms with E-state index in [1.807, 2.05) is 32.0 Å². The summed E-state index contributed by atoms with van der Waals surface area (Å²) in [5.74, 6) is 2.01. The van der Waals surface area contributed by atoms with Crippen molar-refractivity contribution in [3.63, 3.8) is 0 Å². The van der Waals surface area contributed by atoms with E-state index in [2.05, 4.69) is 15.3 Å². The molecule has 6 heteroatoms. The molecule has 2 aromatic rings. The van der Waals surface area contributed by atoms with Crippen LogP contribution in [-0.2, 0) is 0 Å². The van der Waals surface area contributed by atoms with Gasteiger partial charge in [-0.3, -0.25) is 4.79 Å². The Morgan fingerprint density at radius 1 is 1.25 bits per heavy atom. The number of ether oxygens (including phenoxy) is 2. The highest BCUT2D eigenvalue weighted by molar-refractivity contribution is 5.94. The van der Waals surface area contributed by atoms with Crippen LogP contribution in [0.1, 0.15) is 47.9 Å². The van der Waals surface area contributed by atoms with Crippen molar-refractivity contribution in [3.05, 3.63) is 41.2 Å². The second kappa shape index (κ2) is 6.86. The van der Waals surface area contributed by atoms with Gasteiger partial charge in [-0.15, -0.1) is 0 Å². The third-order valence-electron chi connectivity index (χ3n) is 3.98. The van der Waals surface area contributed by atoms with Crippen molar-refractivity contribution in [2.45, 2.75) is 33.2 Å². The van der Waals surface area contributed by atoms with Crippen molar-refractivity contribution in [1.82, 2.24) is 9.97 Å². The van der Waals surface area contributed by atoms with Gasteiger partial charge in [0.15, 0.2) is 17.3 Å². The van der Waals surface area contributed by atoms with Gasteiger partial charge in [-0.2, -0.15) is 0 Å². The van der Waals surface area contributed by atoms with Crippen molar-refractivity contribution in [2.75, 3.05) is 18.5 Å². The van der Waals surface area contributed by atoms with Crippen LogP contribution in [0.2, 0.25) is 0 Å². The zero-order valence-corrected chi connectivity index (χ0v) is 14.1. The zero-order valence-electron chi connectivity index (χ0n) is 14.1. The van der Waals surface area contributed by atoms with Crippen molar-refractivity contribution < 1.29 is 14.3 Å². The zero-order chi connectivity index (χ0) is 17.1. The molecule has 1 aromatic carbocycles. The van der Waals surface area contributed by atoms with Gasteiger partial charge in [-0.05, 0) is 38.5 Å². The molecule has 0 fully saturated rings. The Hall–Kier alpha value is -2.63. The molecule has 0 spiro atoms. The average Bonchev–Trinajstić information content (AvgIpc) is 2.79. The molecule has 1 atom stereocenters. The molecule has 0 saturated carbocycles. The van der Waals surface area contributed by atoms with Gasteiger partial charge in [0.25, 0.3) is 0 Å². The summed E-state index contributed by atoms with van der Waals surface area (Å²) in [5, 5.41) is 3.26. The Bertz CT molecular complexity index is 761. The predicted octanol–water partition coefficient (Wildman–Crippen LogP) is 3.32. The summed E-state index contributed by atoms with van der Waals surface area (Å²) < 4.78 is 11.4. The highest BCUT2D eigenvalue weighted by Crippen LogP contribution is 2.32. The van der Waals surface area contributed by atoms with Crippen molar-refractivity contribution >= 4 is 11.7 Å². The number of Topliss-reactive ketones (excluding diaryl/α,β-unsaturated/α-hetero) is 1. The van der Waals surface area contributed by atoms with E-state index in [0.29, 0.717) is 30.4 Å². The first-order valence-electron chi connectivity index (χ1n) is 8.05. The molecule has 1 N–H and O–H groups in total. The van der Waals surface area contributed by atoms with Crippen LogP contribution >= 0.6 is 0 Å². The van der Waals surface area contributed by atoms with E-state index < -0.39 is 0 Å². The van der Waals surface area contributed by atoms with Gasteiger partial charge in [-0.1, -0.05) is 6.07 Å². The van der Waals surface area contributed by atoms with Crippen LogP contribution in [0, 0.1) is 6.92 Å². The predicted molar refractivity (Wildman–Crippen MR) is 90.9 cm³/mol. The summed E-state index contributed by atoms with van der Waals surface area (Å²) in [6.07, 6.45) is 2.45. The third kappa shape index (κ3) is 3.48. The average molecular weight is 327 g/mol. The maximum atomic E-state index is 11.5. The van der Waals surface area contributed by atoms with E-state index in [1.54, 1.807) is 6.20 Å². The van der Waals surface area contributed by atoms with E-state index in [9.17, 15) is 4.79 Å². The number of rotatable bonds is 4. The minimum atomic E-state index is -0.0324. The molecule has 0 unspecified atom stereocenters. The van der Waals surface area contributed by atoms with E-state index in [-0.39, 0.29) is 11.8 Å². The lowest BCUT2D eigenvalue weighted by atomic mass is 10.1. The first-order chi connectivity index (χ1) is 11.5. The SMILES string of the molecule is CC(=O)c1cnc(N[C@@H](C)c2ccc3c(c2)OCCCO3)nc1C. The highest BCUT2D eigenvalue weighted by Gasteiger charge is 2.15. The van der Waals surface area contributed by atoms with E-state index in [4.69, 9.17) is 9.47 Å². The molecule has 0 saturated heterocycles. The molecular formula is C18H21N3O3. The van der Waals surface area contributed by atoms with Crippen LogP contribution in [-0.4, -0.2) is 29.0 Å². The van der Waals surface area contributed by atoms with Crippen LogP contribution in [0.3, 0.4) is 0 Å². The molecule has 6 nitrogen and oxygen atoms in total. The summed E-state index contributed by atoms with van der Waals surface area (Å²) in [6, 6.07) is 5.90. The lowest BCUT2D eigenvalue weighted by Gasteiger charge is -2.17. The molecule has 1 aliphatic rings. The number of hydrogen-bond acceptors (Lipinski definition) is 6. The summed E-state index contributed by atoms with van der Waals surface area (Å²) >= 11 is 0. The van der Waals surface area contributed by atoms with E-state index >= 15 is 0 Å². The lowest BCUT2D eigenvalue weighted by Crippen LogP contribution is -2.11. The number of nitrogens with zero attached hydrogens (tertiary/aromatic N) is 2. The molecule has 126 valence electrons. The summed E-state index contributed by atoms with van der Waals surface area (Å²) in [4.78, 5) is 20.1. The normalized spacial score (nSPS) is 14.6. The number of hydrogen-bond donors (Lipinski definition) is 1. The molecule has 0 aliphatic carbocycles. The van der Waals surface area contributed by atoms with Crippen LogP contribution in [0.5, 0.6) is 11.5 Å². The Balaban J connectivity index is 1.77. The Kier molecular flexibility index (Phi) is 4.64. The van der Waals surface area contributed by atoms with Crippen LogP contribution < -0.4 is 14.8 Å². The number of anilines is 1. The van der Waals surface area contributed by atoms with Gasteiger partial charge in [0.2, 0.25) is 5.95 Å². The van der Waals surface area contributed by atoms with Gasteiger partial charge < -0.3 is 14.8 Å². The number of fused-ring (bicyclic) bond motifs is 1. The second-order valence-electron chi connectivity index (χ2n) is 5.87. The number of nitrogens with one attached hydrogen (secondary N) is 1. The third-order valence-corrected chi connectivity index (χ3v) is 3.98. The first-order valence-corrected chi connectivity index (χ1v) is 8.05. The van der Waals surface area contributed by atoms with Gasteiger partial charge in [0, 0.05) is 12.6 Å². The van der Waals surface area contributed by atoms with Gasteiger partial charge >= 0.3 is 0 Å². The first kappa shape index (κ1) is 16.2. The lowest BCUT2D eigenvalue weighted by molar-refractivity contribution is 0.101. The minimum Gasteiger partial charge on any atom is -0.490 e. The van der Waals surface area contributed by atoms with Gasteiger partial charge in [0.05, 0.1) is 30.5 Å². The Labute approximate surface area is 141 Å².